The van der Waals surface area contributed by atoms with Gasteiger partial charge in [0.05, 0.1) is 16.3 Å². The molecule has 1 heterocycles. The van der Waals surface area contributed by atoms with Crippen LogP contribution in [0.4, 0.5) is 18.9 Å². The van der Waals surface area contributed by atoms with Crippen molar-refractivity contribution in [2.75, 3.05) is 5.32 Å². The van der Waals surface area contributed by atoms with Crippen molar-refractivity contribution in [2.24, 2.45) is 0 Å². The Morgan fingerprint density at radius 3 is 2.54 bits per heavy atom. The number of hydrogen-bond acceptors (Lipinski definition) is 1. The summed E-state index contributed by atoms with van der Waals surface area (Å²) in [6.07, 6.45) is -4.52. The van der Waals surface area contributed by atoms with Crippen molar-refractivity contribution < 1.29 is 18.0 Å². The fraction of sp³-hybridized carbons (Fsp3) is 0.211. The van der Waals surface area contributed by atoms with Crippen molar-refractivity contribution in [3.63, 3.8) is 0 Å². The predicted octanol–water partition coefficient (Wildman–Crippen LogP) is 5.89. The number of amides is 1. The van der Waals surface area contributed by atoms with E-state index in [1.165, 1.54) is 0 Å². The number of nitrogens with one attached hydrogen (secondary N) is 1. The Morgan fingerprint density at radius 1 is 1.19 bits per heavy atom. The Bertz CT molecular complexity index is 992. The minimum Gasteiger partial charge on any atom is -0.337 e. The molecule has 0 aliphatic carbocycles. The normalized spacial score (nSPS) is 11.8. The number of carbonyl (C=O) groups is 1. The largest absolute Gasteiger partial charge is 0.416 e. The molecule has 3 rings (SSSR count). The second-order valence-corrected chi connectivity index (χ2v) is 6.29. The molecule has 0 saturated carbocycles. The standard InChI is InChI=1S/C19H16ClF3N2O/c1-3-25-16-7-5-4-6-13(16)11(2)17(25)18(26)24-15-10-12(19(21,22)23)8-9-14(15)20/h4-10H,3H2,1-2H3,(H,24,26). The highest BCUT2D eigenvalue weighted by Crippen LogP contribution is 2.34. The van der Waals surface area contributed by atoms with Crippen LogP contribution < -0.4 is 5.32 Å². The van der Waals surface area contributed by atoms with Crippen molar-refractivity contribution in [1.29, 1.82) is 0 Å². The van der Waals surface area contributed by atoms with Gasteiger partial charge >= 0.3 is 6.18 Å². The van der Waals surface area contributed by atoms with E-state index >= 15 is 0 Å². The molecule has 3 nitrogen and oxygen atoms in total. The first-order valence-corrected chi connectivity index (χ1v) is 8.37. The van der Waals surface area contributed by atoms with Crippen molar-refractivity contribution in [3.05, 3.63) is 64.3 Å². The van der Waals surface area contributed by atoms with Crippen molar-refractivity contribution in [1.82, 2.24) is 4.57 Å². The average molecular weight is 381 g/mol. The number of aryl methyl sites for hydroxylation is 2. The Kier molecular flexibility index (Phi) is 4.71. The zero-order valence-electron chi connectivity index (χ0n) is 14.1. The SMILES string of the molecule is CCn1c(C(=O)Nc2cc(C(F)(F)F)ccc2Cl)c(C)c2ccccc21. The van der Waals surface area contributed by atoms with Crippen LogP contribution in [0.5, 0.6) is 0 Å². The maximum absolute atomic E-state index is 12.9. The van der Waals surface area contributed by atoms with Gasteiger partial charge in [0.1, 0.15) is 5.69 Å². The lowest BCUT2D eigenvalue weighted by Crippen LogP contribution is -2.18. The second kappa shape index (κ2) is 6.68. The van der Waals surface area contributed by atoms with Crippen molar-refractivity contribution in [2.45, 2.75) is 26.6 Å². The van der Waals surface area contributed by atoms with Crippen LogP contribution in [0.1, 0.15) is 28.5 Å². The lowest BCUT2D eigenvalue weighted by Gasteiger charge is -2.13. The summed E-state index contributed by atoms with van der Waals surface area (Å²) in [4.78, 5) is 12.8. The monoisotopic (exact) mass is 380 g/mol. The Hall–Kier alpha value is -2.47. The fourth-order valence-corrected chi connectivity index (χ4v) is 3.24. The minimum atomic E-state index is -4.52. The minimum absolute atomic E-state index is 0.0446. The molecule has 0 fully saturated rings. The maximum atomic E-state index is 12.9. The molecular formula is C19H16ClF3N2O. The number of alkyl halides is 3. The molecule has 0 bridgehead atoms. The van der Waals surface area contributed by atoms with E-state index in [0.29, 0.717) is 12.2 Å². The van der Waals surface area contributed by atoms with Crippen molar-refractivity contribution >= 4 is 34.1 Å². The number of aromatic nitrogens is 1. The number of halogens is 4. The molecule has 0 unspecified atom stereocenters. The zero-order chi connectivity index (χ0) is 19.1. The molecule has 0 spiro atoms. The average Bonchev–Trinajstić information content (AvgIpc) is 2.88. The third kappa shape index (κ3) is 3.17. The molecule has 1 N–H and O–H groups in total. The first-order chi connectivity index (χ1) is 12.2. The number of hydrogen-bond donors (Lipinski definition) is 1. The number of anilines is 1. The van der Waals surface area contributed by atoms with Gasteiger partial charge in [0.2, 0.25) is 0 Å². The van der Waals surface area contributed by atoms with Gasteiger partial charge in [-0.25, -0.2) is 0 Å². The molecule has 0 radical (unpaired) electrons. The number of rotatable bonds is 3. The van der Waals surface area contributed by atoms with Crippen LogP contribution in [0, 0.1) is 6.92 Å². The van der Waals surface area contributed by atoms with Gasteiger partial charge in [-0.15, -0.1) is 0 Å². The third-order valence-corrected chi connectivity index (χ3v) is 4.63. The predicted molar refractivity (Wildman–Crippen MR) is 96.8 cm³/mol. The molecule has 1 aromatic heterocycles. The summed E-state index contributed by atoms with van der Waals surface area (Å²) in [6, 6.07) is 10.4. The quantitative estimate of drug-likeness (QED) is 0.603. The van der Waals surface area contributed by atoms with Crippen LogP contribution in [0.15, 0.2) is 42.5 Å². The molecule has 0 saturated heterocycles. The van der Waals surface area contributed by atoms with Crippen LogP contribution in [0.25, 0.3) is 10.9 Å². The zero-order valence-corrected chi connectivity index (χ0v) is 14.9. The van der Waals surface area contributed by atoms with E-state index in [-0.39, 0.29) is 10.7 Å². The number of fused-ring (bicyclic) bond motifs is 1. The summed E-state index contributed by atoms with van der Waals surface area (Å²) in [7, 11) is 0. The van der Waals surface area contributed by atoms with E-state index in [4.69, 9.17) is 11.6 Å². The molecule has 26 heavy (non-hydrogen) atoms. The van der Waals surface area contributed by atoms with Gasteiger partial charge < -0.3 is 9.88 Å². The smallest absolute Gasteiger partial charge is 0.337 e. The van der Waals surface area contributed by atoms with Gasteiger partial charge in [0.15, 0.2) is 0 Å². The Balaban J connectivity index is 2.04. The lowest BCUT2D eigenvalue weighted by molar-refractivity contribution is -0.137. The summed E-state index contributed by atoms with van der Waals surface area (Å²) < 4.78 is 40.6. The van der Waals surface area contributed by atoms with E-state index in [9.17, 15) is 18.0 Å². The summed E-state index contributed by atoms with van der Waals surface area (Å²) in [5.41, 5.74) is 1.13. The summed E-state index contributed by atoms with van der Waals surface area (Å²) in [5.74, 6) is -0.498. The van der Waals surface area contributed by atoms with Gasteiger partial charge in [-0.3, -0.25) is 4.79 Å². The molecule has 1 amide bonds. The van der Waals surface area contributed by atoms with E-state index in [1.807, 2.05) is 42.7 Å². The molecule has 2 aromatic carbocycles. The summed E-state index contributed by atoms with van der Waals surface area (Å²) in [5, 5.41) is 3.49. The summed E-state index contributed by atoms with van der Waals surface area (Å²) in [6.45, 7) is 4.27. The first kappa shape index (κ1) is 18.3. The number of carbonyl (C=O) groups excluding carboxylic acids is 1. The van der Waals surface area contributed by atoms with Gasteiger partial charge in [-0.1, -0.05) is 29.8 Å². The van der Waals surface area contributed by atoms with Gasteiger partial charge in [0, 0.05) is 17.4 Å². The van der Waals surface area contributed by atoms with Crippen LogP contribution in [-0.2, 0) is 12.7 Å². The van der Waals surface area contributed by atoms with Crippen LogP contribution >= 0.6 is 11.6 Å². The molecule has 0 aliphatic rings. The van der Waals surface area contributed by atoms with Crippen LogP contribution in [0.3, 0.4) is 0 Å². The van der Waals surface area contributed by atoms with E-state index in [0.717, 1.165) is 34.7 Å². The molecule has 7 heteroatoms. The van der Waals surface area contributed by atoms with E-state index in [2.05, 4.69) is 5.32 Å². The topological polar surface area (TPSA) is 34.0 Å². The third-order valence-electron chi connectivity index (χ3n) is 4.30. The van der Waals surface area contributed by atoms with Gasteiger partial charge in [-0.2, -0.15) is 13.2 Å². The molecule has 0 atom stereocenters. The van der Waals surface area contributed by atoms with Gasteiger partial charge in [0.25, 0.3) is 5.91 Å². The fourth-order valence-electron chi connectivity index (χ4n) is 3.08. The van der Waals surface area contributed by atoms with Crippen LogP contribution in [-0.4, -0.2) is 10.5 Å². The number of para-hydroxylation sites is 1. The highest BCUT2D eigenvalue weighted by atomic mass is 35.5. The summed E-state index contributed by atoms with van der Waals surface area (Å²) >= 11 is 5.98. The van der Waals surface area contributed by atoms with Crippen LogP contribution in [0.2, 0.25) is 5.02 Å². The lowest BCUT2D eigenvalue weighted by atomic mass is 10.1. The van der Waals surface area contributed by atoms with E-state index < -0.39 is 17.6 Å². The highest BCUT2D eigenvalue weighted by Gasteiger charge is 2.31. The maximum Gasteiger partial charge on any atom is 0.416 e. The van der Waals surface area contributed by atoms with Crippen molar-refractivity contribution in [3.8, 4) is 0 Å². The highest BCUT2D eigenvalue weighted by molar-refractivity contribution is 6.34. The Labute approximate surface area is 153 Å². The van der Waals surface area contributed by atoms with E-state index in [1.54, 1.807) is 0 Å². The number of benzene rings is 2. The first-order valence-electron chi connectivity index (χ1n) is 8.00. The van der Waals surface area contributed by atoms with Gasteiger partial charge in [-0.05, 0) is 43.7 Å². The second-order valence-electron chi connectivity index (χ2n) is 5.88. The number of nitrogens with zero attached hydrogens (tertiary/aromatic N) is 1. The molecule has 136 valence electrons. The Morgan fingerprint density at radius 2 is 1.88 bits per heavy atom. The molecular weight excluding hydrogens is 365 g/mol. The molecule has 0 aliphatic heterocycles. The molecule has 3 aromatic rings.